The highest BCUT2D eigenvalue weighted by Gasteiger charge is 2.19. The molecule has 0 saturated carbocycles. The summed E-state index contributed by atoms with van der Waals surface area (Å²) in [5, 5.41) is 2.56. The molecule has 158 valence electrons. The molecule has 1 amide bonds. The van der Waals surface area contributed by atoms with Crippen LogP contribution < -0.4 is 14.8 Å². The Morgan fingerprint density at radius 2 is 1.86 bits per heavy atom. The van der Waals surface area contributed by atoms with Gasteiger partial charge in [0.15, 0.2) is 0 Å². The van der Waals surface area contributed by atoms with Gasteiger partial charge in [0.25, 0.3) is 10.0 Å². The summed E-state index contributed by atoms with van der Waals surface area (Å²) in [6, 6.07) is 10.1. The fraction of sp³-hybridized carbons (Fsp3) is 0.350. The Balaban J connectivity index is 1.96. The molecule has 2 aromatic rings. The van der Waals surface area contributed by atoms with Crippen molar-refractivity contribution in [3.63, 3.8) is 0 Å². The normalized spacial score (nSPS) is 11.6. The van der Waals surface area contributed by atoms with Gasteiger partial charge in [-0.25, -0.2) is 17.6 Å². The van der Waals surface area contributed by atoms with Crippen LogP contribution in [0.5, 0.6) is 5.75 Å². The van der Waals surface area contributed by atoms with Gasteiger partial charge in [0.2, 0.25) is 0 Å². The van der Waals surface area contributed by atoms with Crippen molar-refractivity contribution in [2.45, 2.75) is 38.2 Å². The topological polar surface area (TPSA) is 93.7 Å². The maximum Gasteiger partial charge on any atom is 0.407 e. The summed E-state index contributed by atoms with van der Waals surface area (Å²) in [6.45, 7) is 7.33. The maximum absolute atomic E-state index is 13.9. The van der Waals surface area contributed by atoms with Crippen LogP contribution in [0.2, 0.25) is 0 Å². The van der Waals surface area contributed by atoms with Gasteiger partial charge in [0.05, 0.1) is 12.2 Å². The largest absolute Gasteiger partial charge is 0.492 e. The molecule has 0 aliphatic heterocycles. The Bertz CT molecular complexity index is 971. The molecule has 0 fully saturated rings. The van der Waals surface area contributed by atoms with Crippen LogP contribution in [0, 0.1) is 12.7 Å². The highest BCUT2D eigenvalue weighted by molar-refractivity contribution is 7.92. The molecular weight excluding hydrogens is 399 g/mol. The van der Waals surface area contributed by atoms with Crippen LogP contribution in [0.25, 0.3) is 0 Å². The number of nitrogens with one attached hydrogen (secondary N) is 2. The van der Waals surface area contributed by atoms with E-state index in [1.165, 1.54) is 24.3 Å². The number of hydrogen-bond acceptors (Lipinski definition) is 5. The van der Waals surface area contributed by atoms with E-state index in [0.29, 0.717) is 11.3 Å². The Morgan fingerprint density at radius 3 is 2.55 bits per heavy atom. The average Bonchev–Trinajstić information content (AvgIpc) is 2.59. The number of alkyl carbamates (subject to hydrolysis) is 1. The predicted molar refractivity (Wildman–Crippen MR) is 108 cm³/mol. The lowest BCUT2D eigenvalue weighted by atomic mass is 10.2. The first-order chi connectivity index (χ1) is 13.5. The molecule has 7 nitrogen and oxygen atoms in total. The fourth-order valence-electron chi connectivity index (χ4n) is 2.31. The van der Waals surface area contributed by atoms with Gasteiger partial charge in [-0.2, -0.15) is 0 Å². The Morgan fingerprint density at radius 1 is 1.14 bits per heavy atom. The van der Waals surface area contributed by atoms with Crippen molar-refractivity contribution in [1.29, 1.82) is 0 Å². The SMILES string of the molecule is Cc1ccc(F)c(S(=O)(=O)Nc2cccc(OCCNC(=O)OC(C)(C)C)c2)c1. The van der Waals surface area contributed by atoms with Crippen LogP contribution in [-0.4, -0.2) is 33.3 Å². The zero-order valence-corrected chi connectivity index (χ0v) is 17.6. The molecule has 0 atom stereocenters. The average molecular weight is 424 g/mol. The quantitative estimate of drug-likeness (QED) is 0.659. The van der Waals surface area contributed by atoms with E-state index >= 15 is 0 Å². The molecule has 0 aliphatic rings. The lowest BCUT2D eigenvalue weighted by Gasteiger charge is -2.19. The molecule has 0 aliphatic carbocycles. The van der Waals surface area contributed by atoms with Gasteiger partial charge in [0, 0.05) is 6.07 Å². The lowest BCUT2D eigenvalue weighted by molar-refractivity contribution is 0.0520. The summed E-state index contributed by atoms with van der Waals surface area (Å²) < 4.78 is 51.9. The highest BCUT2D eigenvalue weighted by atomic mass is 32.2. The van der Waals surface area contributed by atoms with Crippen LogP contribution in [0.15, 0.2) is 47.4 Å². The van der Waals surface area contributed by atoms with E-state index in [2.05, 4.69) is 10.0 Å². The molecule has 2 aromatic carbocycles. The van der Waals surface area contributed by atoms with Gasteiger partial charge < -0.3 is 14.8 Å². The number of benzene rings is 2. The van der Waals surface area contributed by atoms with Gasteiger partial charge in [0.1, 0.15) is 28.7 Å². The number of carbonyl (C=O) groups is 1. The molecular formula is C20H25FN2O5S. The van der Waals surface area contributed by atoms with E-state index in [1.54, 1.807) is 39.8 Å². The van der Waals surface area contributed by atoms with Crippen molar-refractivity contribution in [1.82, 2.24) is 5.32 Å². The highest BCUT2D eigenvalue weighted by Crippen LogP contribution is 2.23. The minimum Gasteiger partial charge on any atom is -0.492 e. The number of aryl methyl sites for hydroxylation is 1. The third-order valence-electron chi connectivity index (χ3n) is 3.50. The van der Waals surface area contributed by atoms with E-state index in [-0.39, 0.29) is 18.8 Å². The lowest BCUT2D eigenvalue weighted by Crippen LogP contribution is -2.34. The van der Waals surface area contributed by atoms with Crippen molar-refractivity contribution in [3.05, 3.63) is 53.8 Å². The first kappa shape index (κ1) is 22.5. The monoisotopic (exact) mass is 424 g/mol. The molecule has 0 bridgehead atoms. The summed E-state index contributed by atoms with van der Waals surface area (Å²) in [4.78, 5) is 11.1. The van der Waals surface area contributed by atoms with Gasteiger partial charge in [-0.05, 0) is 57.5 Å². The Hall–Kier alpha value is -2.81. The van der Waals surface area contributed by atoms with Crippen LogP contribution in [0.3, 0.4) is 0 Å². The molecule has 0 aromatic heterocycles. The number of anilines is 1. The molecule has 9 heteroatoms. The first-order valence-corrected chi connectivity index (χ1v) is 10.4. The molecule has 2 rings (SSSR count). The summed E-state index contributed by atoms with van der Waals surface area (Å²) >= 11 is 0. The molecule has 0 heterocycles. The number of ether oxygens (including phenoxy) is 2. The number of carbonyl (C=O) groups excluding carboxylic acids is 1. The van der Waals surface area contributed by atoms with Crippen molar-refractivity contribution in [3.8, 4) is 5.75 Å². The number of hydrogen-bond donors (Lipinski definition) is 2. The van der Waals surface area contributed by atoms with Gasteiger partial charge >= 0.3 is 6.09 Å². The van der Waals surface area contributed by atoms with Crippen LogP contribution in [0.1, 0.15) is 26.3 Å². The number of amides is 1. The van der Waals surface area contributed by atoms with Gasteiger partial charge in [-0.3, -0.25) is 4.72 Å². The van der Waals surface area contributed by atoms with Crippen molar-refractivity contribution < 1.29 is 27.1 Å². The predicted octanol–water partition coefficient (Wildman–Crippen LogP) is 3.84. The summed E-state index contributed by atoms with van der Waals surface area (Å²) in [5.41, 5.74) is 0.262. The standard InChI is InChI=1S/C20H25FN2O5S/c1-14-8-9-17(21)18(12-14)29(25,26)23-15-6-5-7-16(13-15)27-11-10-22-19(24)28-20(2,3)4/h5-9,12-13,23H,10-11H2,1-4H3,(H,22,24). The number of rotatable bonds is 7. The maximum atomic E-state index is 13.9. The van der Waals surface area contributed by atoms with E-state index in [0.717, 1.165) is 6.07 Å². The van der Waals surface area contributed by atoms with Crippen molar-refractivity contribution in [2.75, 3.05) is 17.9 Å². The zero-order chi connectivity index (χ0) is 21.7. The second kappa shape index (κ2) is 9.13. The van der Waals surface area contributed by atoms with Crippen molar-refractivity contribution >= 4 is 21.8 Å². The number of sulfonamides is 1. The molecule has 0 spiro atoms. The molecule has 0 saturated heterocycles. The summed E-state index contributed by atoms with van der Waals surface area (Å²) in [5.74, 6) is -0.440. The Kier molecular flexibility index (Phi) is 7.07. The second-order valence-electron chi connectivity index (χ2n) is 7.34. The van der Waals surface area contributed by atoms with Gasteiger partial charge in [-0.15, -0.1) is 0 Å². The first-order valence-electron chi connectivity index (χ1n) is 8.95. The summed E-state index contributed by atoms with van der Waals surface area (Å²) in [6.07, 6.45) is -0.553. The summed E-state index contributed by atoms with van der Waals surface area (Å²) in [7, 11) is -4.09. The van der Waals surface area contributed by atoms with E-state index in [4.69, 9.17) is 9.47 Å². The van der Waals surface area contributed by atoms with E-state index in [1.807, 2.05) is 0 Å². The minimum absolute atomic E-state index is 0.155. The van der Waals surface area contributed by atoms with Crippen LogP contribution in [-0.2, 0) is 14.8 Å². The van der Waals surface area contributed by atoms with Crippen LogP contribution in [0.4, 0.5) is 14.9 Å². The molecule has 29 heavy (non-hydrogen) atoms. The zero-order valence-electron chi connectivity index (χ0n) is 16.8. The third kappa shape index (κ3) is 7.26. The van der Waals surface area contributed by atoms with Gasteiger partial charge in [-0.1, -0.05) is 12.1 Å². The fourth-order valence-corrected chi connectivity index (χ4v) is 3.53. The smallest absolute Gasteiger partial charge is 0.407 e. The van der Waals surface area contributed by atoms with Crippen LogP contribution >= 0.6 is 0 Å². The van der Waals surface area contributed by atoms with E-state index in [9.17, 15) is 17.6 Å². The minimum atomic E-state index is -4.09. The second-order valence-corrected chi connectivity index (χ2v) is 9.00. The Labute approximate surface area is 170 Å². The molecule has 0 radical (unpaired) electrons. The number of halogens is 1. The van der Waals surface area contributed by atoms with Crippen molar-refractivity contribution in [2.24, 2.45) is 0 Å². The molecule has 0 unspecified atom stereocenters. The molecule has 2 N–H and O–H groups in total. The third-order valence-corrected chi connectivity index (χ3v) is 4.90. The van der Waals surface area contributed by atoms with E-state index < -0.39 is 32.4 Å².